The van der Waals surface area contributed by atoms with Crippen LogP contribution in [0.3, 0.4) is 0 Å². The van der Waals surface area contributed by atoms with Gasteiger partial charge in [0.25, 0.3) is 0 Å². The van der Waals surface area contributed by atoms with Gasteiger partial charge in [-0.05, 0) is 43.3 Å². The van der Waals surface area contributed by atoms with Gasteiger partial charge in [-0.3, -0.25) is 0 Å². The summed E-state index contributed by atoms with van der Waals surface area (Å²) in [5.74, 6) is 0. The standard InChI is InChI=1S/C12H18N2OS/c1-3-7-13-12(16)14-11-6-4-5-10(8-11)9(2)15/h4-6,8-9,15H,3,7H2,1-2H3,(H2,13,14,16). The summed E-state index contributed by atoms with van der Waals surface area (Å²) in [5, 5.41) is 16.2. The van der Waals surface area contributed by atoms with Crippen molar-refractivity contribution in [3.05, 3.63) is 29.8 Å². The van der Waals surface area contributed by atoms with Crippen LogP contribution >= 0.6 is 12.2 Å². The van der Waals surface area contributed by atoms with Crippen molar-refractivity contribution in [2.24, 2.45) is 0 Å². The molecule has 1 atom stereocenters. The van der Waals surface area contributed by atoms with Gasteiger partial charge in [0.15, 0.2) is 5.11 Å². The number of aliphatic hydroxyl groups excluding tert-OH is 1. The normalized spacial score (nSPS) is 11.9. The van der Waals surface area contributed by atoms with E-state index in [2.05, 4.69) is 17.6 Å². The van der Waals surface area contributed by atoms with Crippen molar-refractivity contribution >= 4 is 23.0 Å². The molecule has 0 aliphatic heterocycles. The summed E-state index contributed by atoms with van der Waals surface area (Å²) < 4.78 is 0. The SMILES string of the molecule is CCCNC(=S)Nc1cccc(C(C)O)c1. The summed E-state index contributed by atoms with van der Waals surface area (Å²) in [7, 11) is 0. The van der Waals surface area contributed by atoms with E-state index in [0.29, 0.717) is 5.11 Å². The maximum atomic E-state index is 9.45. The molecule has 88 valence electrons. The van der Waals surface area contributed by atoms with Gasteiger partial charge in [-0.15, -0.1) is 0 Å². The first-order chi connectivity index (χ1) is 7.63. The molecule has 0 radical (unpaired) electrons. The van der Waals surface area contributed by atoms with Crippen LogP contribution in [0, 0.1) is 0 Å². The van der Waals surface area contributed by atoms with Gasteiger partial charge in [0, 0.05) is 12.2 Å². The van der Waals surface area contributed by atoms with Crippen LogP contribution in [0.4, 0.5) is 5.69 Å². The molecular formula is C12H18N2OS. The molecule has 0 saturated heterocycles. The molecule has 3 nitrogen and oxygen atoms in total. The second-order valence-electron chi connectivity index (χ2n) is 3.68. The second-order valence-corrected chi connectivity index (χ2v) is 4.09. The van der Waals surface area contributed by atoms with E-state index in [-0.39, 0.29) is 0 Å². The topological polar surface area (TPSA) is 44.3 Å². The monoisotopic (exact) mass is 238 g/mol. The van der Waals surface area contributed by atoms with Crippen LogP contribution in [-0.4, -0.2) is 16.8 Å². The van der Waals surface area contributed by atoms with E-state index in [4.69, 9.17) is 12.2 Å². The zero-order chi connectivity index (χ0) is 12.0. The lowest BCUT2D eigenvalue weighted by atomic mass is 10.1. The highest BCUT2D eigenvalue weighted by Gasteiger charge is 2.02. The summed E-state index contributed by atoms with van der Waals surface area (Å²) in [5.41, 5.74) is 1.77. The van der Waals surface area contributed by atoms with Crippen LogP contribution in [0.2, 0.25) is 0 Å². The molecule has 1 rings (SSSR count). The molecule has 0 spiro atoms. The van der Waals surface area contributed by atoms with Crippen molar-refractivity contribution in [1.29, 1.82) is 0 Å². The van der Waals surface area contributed by atoms with Crippen molar-refractivity contribution in [3.63, 3.8) is 0 Å². The van der Waals surface area contributed by atoms with Gasteiger partial charge < -0.3 is 15.7 Å². The average molecular weight is 238 g/mol. The Morgan fingerprint density at radius 2 is 2.25 bits per heavy atom. The third-order valence-corrected chi connectivity index (χ3v) is 2.41. The molecular weight excluding hydrogens is 220 g/mol. The van der Waals surface area contributed by atoms with Gasteiger partial charge in [-0.25, -0.2) is 0 Å². The Hall–Kier alpha value is -1.13. The Balaban J connectivity index is 2.59. The molecule has 0 aliphatic rings. The average Bonchev–Trinajstić information content (AvgIpc) is 2.26. The van der Waals surface area contributed by atoms with E-state index in [1.165, 1.54) is 0 Å². The fourth-order valence-electron chi connectivity index (χ4n) is 1.29. The molecule has 0 bridgehead atoms. The third kappa shape index (κ3) is 4.16. The first-order valence-electron chi connectivity index (χ1n) is 5.46. The van der Waals surface area contributed by atoms with Crippen LogP contribution in [0.15, 0.2) is 24.3 Å². The fourth-order valence-corrected chi connectivity index (χ4v) is 1.51. The van der Waals surface area contributed by atoms with Crippen LogP contribution < -0.4 is 10.6 Å². The largest absolute Gasteiger partial charge is 0.389 e. The number of aliphatic hydroxyl groups is 1. The third-order valence-electron chi connectivity index (χ3n) is 2.16. The molecule has 1 aromatic rings. The van der Waals surface area contributed by atoms with Crippen LogP contribution in [0.1, 0.15) is 31.9 Å². The number of anilines is 1. The molecule has 0 fully saturated rings. The van der Waals surface area contributed by atoms with Crippen molar-refractivity contribution in [2.45, 2.75) is 26.4 Å². The summed E-state index contributed by atoms with van der Waals surface area (Å²) in [6.07, 6.45) is 0.578. The summed E-state index contributed by atoms with van der Waals surface area (Å²) >= 11 is 5.13. The zero-order valence-corrected chi connectivity index (χ0v) is 10.5. The Kier molecular flexibility index (Phi) is 5.22. The lowest BCUT2D eigenvalue weighted by molar-refractivity contribution is 0.199. The van der Waals surface area contributed by atoms with E-state index >= 15 is 0 Å². The predicted molar refractivity (Wildman–Crippen MR) is 71.6 cm³/mol. The number of thiocarbonyl (C=S) groups is 1. The highest BCUT2D eigenvalue weighted by molar-refractivity contribution is 7.80. The van der Waals surface area contributed by atoms with Crippen molar-refractivity contribution in [3.8, 4) is 0 Å². The van der Waals surface area contributed by atoms with Crippen LogP contribution in [0.5, 0.6) is 0 Å². The summed E-state index contributed by atoms with van der Waals surface area (Å²) in [6.45, 7) is 4.69. The van der Waals surface area contributed by atoms with Crippen LogP contribution in [-0.2, 0) is 0 Å². The molecule has 0 heterocycles. The maximum absolute atomic E-state index is 9.45. The van der Waals surface area contributed by atoms with Gasteiger partial charge in [0.1, 0.15) is 0 Å². The number of hydrogen-bond donors (Lipinski definition) is 3. The van der Waals surface area contributed by atoms with Gasteiger partial charge in [-0.1, -0.05) is 19.1 Å². The second kappa shape index (κ2) is 6.45. The first kappa shape index (κ1) is 12.9. The molecule has 1 unspecified atom stereocenters. The van der Waals surface area contributed by atoms with Crippen molar-refractivity contribution < 1.29 is 5.11 Å². The molecule has 0 amide bonds. The van der Waals surface area contributed by atoms with E-state index in [1.807, 2.05) is 24.3 Å². The lowest BCUT2D eigenvalue weighted by Gasteiger charge is -2.11. The smallest absolute Gasteiger partial charge is 0.170 e. The highest BCUT2D eigenvalue weighted by Crippen LogP contribution is 2.16. The molecule has 4 heteroatoms. The molecule has 0 aromatic heterocycles. The van der Waals surface area contributed by atoms with E-state index in [9.17, 15) is 5.11 Å². The summed E-state index contributed by atoms with van der Waals surface area (Å²) in [4.78, 5) is 0. The van der Waals surface area contributed by atoms with Gasteiger partial charge in [0.05, 0.1) is 6.10 Å². The maximum Gasteiger partial charge on any atom is 0.170 e. The number of nitrogens with one attached hydrogen (secondary N) is 2. The van der Waals surface area contributed by atoms with E-state index < -0.39 is 6.10 Å². The minimum Gasteiger partial charge on any atom is -0.389 e. The number of hydrogen-bond acceptors (Lipinski definition) is 2. The minimum absolute atomic E-state index is 0.459. The molecule has 0 aliphatic carbocycles. The highest BCUT2D eigenvalue weighted by atomic mass is 32.1. The Morgan fingerprint density at radius 1 is 1.50 bits per heavy atom. The molecule has 16 heavy (non-hydrogen) atoms. The number of rotatable bonds is 4. The number of benzene rings is 1. The first-order valence-corrected chi connectivity index (χ1v) is 5.87. The van der Waals surface area contributed by atoms with E-state index in [1.54, 1.807) is 6.92 Å². The minimum atomic E-state index is -0.459. The zero-order valence-electron chi connectivity index (χ0n) is 9.66. The Bertz CT molecular complexity index is 353. The van der Waals surface area contributed by atoms with Gasteiger partial charge in [-0.2, -0.15) is 0 Å². The predicted octanol–water partition coefficient (Wildman–Crippen LogP) is 2.44. The molecule has 3 N–H and O–H groups in total. The van der Waals surface area contributed by atoms with Crippen molar-refractivity contribution in [2.75, 3.05) is 11.9 Å². The van der Waals surface area contributed by atoms with Gasteiger partial charge >= 0.3 is 0 Å². The Morgan fingerprint density at radius 3 is 2.88 bits per heavy atom. The fraction of sp³-hybridized carbons (Fsp3) is 0.417. The van der Waals surface area contributed by atoms with Crippen LogP contribution in [0.25, 0.3) is 0 Å². The van der Waals surface area contributed by atoms with Gasteiger partial charge in [0.2, 0.25) is 0 Å². The summed E-state index contributed by atoms with van der Waals surface area (Å²) in [6, 6.07) is 7.60. The van der Waals surface area contributed by atoms with E-state index in [0.717, 1.165) is 24.2 Å². The van der Waals surface area contributed by atoms with Crippen molar-refractivity contribution in [1.82, 2.24) is 5.32 Å². The quantitative estimate of drug-likeness (QED) is 0.705. The molecule has 1 aromatic carbocycles. The Labute approximate surface area is 102 Å². The lowest BCUT2D eigenvalue weighted by Crippen LogP contribution is -2.28. The molecule has 0 saturated carbocycles.